The van der Waals surface area contributed by atoms with Crippen molar-refractivity contribution in [2.75, 3.05) is 11.9 Å². The molecule has 1 aromatic carbocycles. The highest BCUT2D eigenvalue weighted by molar-refractivity contribution is 5.96. The Bertz CT molecular complexity index is 1480. The predicted octanol–water partition coefficient (Wildman–Crippen LogP) is 3.20. The van der Waals surface area contributed by atoms with Gasteiger partial charge in [0.2, 0.25) is 0 Å². The Labute approximate surface area is 200 Å². The van der Waals surface area contributed by atoms with E-state index in [-0.39, 0.29) is 11.3 Å². The van der Waals surface area contributed by atoms with Crippen molar-refractivity contribution in [1.29, 1.82) is 5.26 Å². The van der Waals surface area contributed by atoms with Crippen LogP contribution in [0.4, 0.5) is 5.82 Å². The van der Waals surface area contributed by atoms with Crippen LogP contribution >= 0.6 is 0 Å². The minimum atomic E-state index is -0.691. The number of ether oxygens (including phenoxy) is 1. The first kappa shape index (κ1) is 23.4. The first-order chi connectivity index (χ1) is 16.8. The van der Waals surface area contributed by atoms with Crippen LogP contribution in [0.3, 0.4) is 0 Å². The largest absolute Gasteiger partial charge is 0.467 e. The normalized spacial score (nSPS) is 10.7. The lowest BCUT2D eigenvalue weighted by molar-refractivity contribution is -0.119. The van der Waals surface area contributed by atoms with E-state index < -0.39 is 18.5 Å². The fourth-order valence-electron chi connectivity index (χ4n) is 3.79. The summed E-state index contributed by atoms with van der Waals surface area (Å²) in [4.78, 5) is 39.6. The third-order valence-corrected chi connectivity index (χ3v) is 5.75. The molecule has 1 amide bonds. The Hall–Kier alpha value is -4.78. The Kier molecular flexibility index (Phi) is 6.42. The van der Waals surface area contributed by atoms with Crippen molar-refractivity contribution in [3.63, 3.8) is 0 Å². The standard InChI is InChI=1S/C25H23N5O5/c1-15-12-27-25(33)30(15)19-8-6-18(7-9-19)24(32)35-14-22(31)28-23-21(11-26)16(2)17(3)29(23)13-20-5-4-10-34-20/h4-10,12H,13-14H2,1-3H3,(H,27,33)(H,28,31). The van der Waals surface area contributed by atoms with Crippen LogP contribution in [0.25, 0.3) is 5.69 Å². The number of rotatable bonds is 7. The summed E-state index contributed by atoms with van der Waals surface area (Å²) in [7, 11) is 0. The van der Waals surface area contributed by atoms with E-state index in [1.165, 1.54) is 16.7 Å². The molecule has 0 bridgehead atoms. The Morgan fingerprint density at radius 3 is 2.51 bits per heavy atom. The third-order valence-electron chi connectivity index (χ3n) is 5.75. The summed E-state index contributed by atoms with van der Waals surface area (Å²) in [5.74, 6) is -0.297. The molecule has 178 valence electrons. The maximum atomic E-state index is 12.6. The van der Waals surface area contributed by atoms with Crippen molar-refractivity contribution < 1.29 is 18.7 Å². The van der Waals surface area contributed by atoms with Gasteiger partial charge < -0.3 is 24.0 Å². The van der Waals surface area contributed by atoms with Crippen molar-refractivity contribution in [1.82, 2.24) is 14.1 Å². The number of hydrogen-bond donors (Lipinski definition) is 2. The van der Waals surface area contributed by atoms with E-state index in [1.54, 1.807) is 55.1 Å². The van der Waals surface area contributed by atoms with Gasteiger partial charge in [0.25, 0.3) is 5.91 Å². The molecule has 3 aromatic heterocycles. The number of imidazole rings is 1. The molecule has 35 heavy (non-hydrogen) atoms. The Balaban J connectivity index is 1.44. The predicted molar refractivity (Wildman–Crippen MR) is 126 cm³/mol. The number of aromatic nitrogens is 3. The monoisotopic (exact) mass is 473 g/mol. The lowest BCUT2D eigenvalue weighted by atomic mass is 10.2. The molecule has 0 aliphatic rings. The fraction of sp³-hybridized carbons (Fsp3) is 0.200. The van der Waals surface area contributed by atoms with Gasteiger partial charge in [0.15, 0.2) is 6.61 Å². The molecule has 0 fully saturated rings. The van der Waals surface area contributed by atoms with Crippen molar-refractivity contribution in [3.05, 3.63) is 93.2 Å². The molecule has 0 aliphatic heterocycles. The number of esters is 1. The van der Waals surface area contributed by atoms with Crippen LogP contribution in [-0.2, 0) is 16.1 Å². The van der Waals surface area contributed by atoms with E-state index in [4.69, 9.17) is 9.15 Å². The first-order valence-corrected chi connectivity index (χ1v) is 10.8. The average Bonchev–Trinajstić information content (AvgIpc) is 3.54. The number of carbonyl (C=O) groups excluding carboxylic acids is 2. The second-order valence-corrected chi connectivity index (χ2v) is 7.95. The quantitative estimate of drug-likeness (QED) is 0.396. The zero-order valence-electron chi connectivity index (χ0n) is 19.4. The van der Waals surface area contributed by atoms with Gasteiger partial charge in [0.05, 0.1) is 29.6 Å². The minimum absolute atomic E-state index is 0.230. The van der Waals surface area contributed by atoms with Crippen molar-refractivity contribution >= 4 is 17.7 Å². The smallest absolute Gasteiger partial charge is 0.338 e. The highest BCUT2D eigenvalue weighted by Crippen LogP contribution is 2.27. The van der Waals surface area contributed by atoms with Crippen LogP contribution in [0.2, 0.25) is 0 Å². The summed E-state index contributed by atoms with van der Waals surface area (Å²) in [5.41, 5.74) is 3.14. The number of nitrogens with one attached hydrogen (secondary N) is 2. The molecule has 0 saturated heterocycles. The number of benzene rings is 1. The molecule has 3 heterocycles. The molecule has 10 heteroatoms. The molecule has 2 N–H and O–H groups in total. The molecular formula is C25H23N5O5. The molecule has 10 nitrogen and oxygen atoms in total. The average molecular weight is 473 g/mol. The fourth-order valence-corrected chi connectivity index (χ4v) is 3.79. The molecule has 4 rings (SSSR count). The molecule has 0 radical (unpaired) electrons. The van der Waals surface area contributed by atoms with Gasteiger partial charge >= 0.3 is 11.7 Å². The number of aromatic amines is 1. The van der Waals surface area contributed by atoms with E-state index in [0.717, 1.165) is 17.0 Å². The second kappa shape index (κ2) is 9.61. The SMILES string of the molecule is Cc1c(C#N)c(NC(=O)COC(=O)c2ccc(-n3c(C)c[nH]c3=O)cc2)n(Cc2ccco2)c1C. The lowest BCUT2D eigenvalue weighted by Gasteiger charge is -2.12. The molecule has 0 spiro atoms. The van der Waals surface area contributed by atoms with Gasteiger partial charge in [-0.2, -0.15) is 5.26 Å². The molecule has 4 aromatic rings. The highest BCUT2D eigenvalue weighted by Gasteiger charge is 2.21. The van der Waals surface area contributed by atoms with Crippen LogP contribution in [0.1, 0.15) is 38.6 Å². The van der Waals surface area contributed by atoms with Gasteiger partial charge in [-0.15, -0.1) is 0 Å². The highest BCUT2D eigenvalue weighted by atomic mass is 16.5. The molecule has 0 atom stereocenters. The van der Waals surface area contributed by atoms with Gasteiger partial charge in [0.1, 0.15) is 17.6 Å². The second-order valence-electron chi connectivity index (χ2n) is 7.95. The van der Waals surface area contributed by atoms with Gasteiger partial charge in [0, 0.05) is 17.6 Å². The Morgan fingerprint density at radius 1 is 1.17 bits per heavy atom. The van der Waals surface area contributed by atoms with Crippen LogP contribution in [0, 0.1) is 32.1 Å². The number of anilines is 1. The Morgan fingerprint density at radius 2 is 1.91 bits per heavy atom. The number of amides is 1. The number of nitriles is 1. The van der Waals surface area contributed by atoms with E-state index in [0.29, 0.717) is 29.4 Å². The van der Waals surface area contributed by atoms with Gasteiger partial charge in [-0.25, -0.2) is 9.59 Å². The van der Waals surface area contributed by atoms with E-state index >= 15 is 0 Å². The van der Waals surface area contributed by atoms with Crippen molar-refractivity contribution in [3.8, 4) is 11.8 Å². The summed E-state index contributed by atoms with van der Waals surface area (Å²) in [6, 6.07) is 11.9. The summed E-state index contributed by atoms with van der Waals surface area (Å²) in [6.45, 7) is 5.22. The molecule has 0 saturated carbocycles. The lowest BCUT2D eigenvalue weighted by Crippen LogP contribution is -2.23. The van der Waals surface area contributed by atoms with Gasteiger partial charge in [-0.05, 0) is 62.7 Å². The molecule has 0 aliphatic carbocycles. The van der Waals surface area contributed by atoms with E-state index in [2.05, 4.69) is 16.4 Å². The summed E-state index contributed by atoms with van der Waals surface area (Å²) in [5, 5.41) is 12.3. The van der Waals surface area contributed by atoms with Crippen LogP contribution in [-0.4, -0.2) is 32.6 Å². The van der Waals surface area contributed by atoms with Gasteiger partial charge in [-0.1, -0.05) is 0 Å². The molecular weight excluding hydrogens is 450 g/mol. The molecule has 0 unspecified atom stereocenters. The van der Waals surface area contributed by atoms with Gasteiger partial charge in [-0.3, -0.25) is 9.36 Å². The summed E-state index contributed by atoms with van der Waals surface area (Å²) in [6.07, 6.45) is 3.14. The van der Waals surface area contributed by atoms with Crippen LogP contribution in [0.15, 0.2) is 58.1 Å². The summed E-state index contributed by atoms with van der Waals surface area (Å²) >= 11 is 0. The topological polar surface area (TPSA) is 135 Å². The van der Waals surface area contributed by atoms with E-state index in [1.807, 2.05) is 6.92 Å². The van der Waals surface area contributed by atoms with Crippen LogP contribution < -0.4 is 11.0 Å². The van der Waals surface area contributed by atoms with Crippen molar-refractivity contribution in [2.24, 2.45) is 0 Å². The van der Waals surface area contributed by atoms with Crippen molar-refractivity contribution in [2.45, 2.75) is 27.3 Å². The maximum Gasteiger partial charge on any atom is 0.338 e. The van der Waals surface area contributed by atoms with Crippen LogP contribution in [0.5, 0.6) is 0 Å². The number of furan rings is 1. The maximum absolute atomic E-state index is 12.6. The minimum Gasteiger partial charge on any atom is -0.467 e. The zero-order valence-corrected chi connectivity index (χ0v) is 19.4. The first-order valence-electron chi connectivity index (χ1n) is 10.8. The number of aryl methyl sites for hydroxylation is 1. The zero-order chi connectivity index (χ0) is 25.1. The van der Waals surface area contributed by atoms with E-state index in [9.17, 15) is 19.6 Å². The number of carbonyl (C=O) groups is 2. The number of nitrogens with zero attached hydrogens (tertiary/aromatic N) is 3. The summed E-state index contributed by atoms with van der Waals surface area (Å²) < 4.78 is 13.8. The third kappa shape index (κ3) is 4.65. The number of hydrogen-bond acceptors (Lipinski definition) is 6. The number of H-pyrrole nitrogens is 1.